The first kappa shape index (κ1) is 27.3. The number of nitrogens with two attached hydrogens (primary N) is 1. The molecule has 0 radical (unpaired) electrons. The number of nitrogens with one attached hydrogen (secondary N) is 1. The van der Waals surface area contributed by atoms with Gasteiger partial charge < -0.3 is 20.5 Å². The lowest BCUT2D eigenvalue weighted by molar-refractivity contribution is -0.0250. The molecule has 0 atom stereocenters. The van der Waals surface area contributed by atoms with Gasteiger partial charge in [-0.3, -0.25) is 14.3 Å². The van der Waals surface area contributed by atoms with Crippen LogP contribution in [0.25, 0.3) is 22.6 Å². The van der Waals surface area contributed by atoms with E-state index in [0.29, 0.717) is 13.2 Å². The molecule has 1 aliphatic heterocycles. The largest absolute Gasteiger partial charge is 0.491 e. The van der Waals surface area contributed by atoms with Crippen LogP contribution in [0.2, 0.25) is 0 Å². The summed E-state index contributed by atoms with van der Waals surface area (Å²) in [5.74, 6) is 1.52. The Morgan fingerprint density at radius 2 is 1.93 bits per heavy atom. The topological polar surface area (TPSA) is 115 Å². The van der Waals surface area contributed by atoms with Gasteiger partial charge in [-0.15, -0.1) is 0 Å². The van der Waals surface area contributed by atoms with Crippen LogP contribution < -0.4 is 15.8 Å². The molecular weight excluding hydrogens is 504 g/mol. The highest BCUT2D eigenvalue weighted by atomic mass is 16.5. The van der Waals surface area contributed by atoms with Crippen molar-refractivity contribution in [1.82, 2.24) is 24.3 Å². The quantitative estimate of drug-likeness (QED) is 0.291. The molecule has 10 nitrogen and oxygen atoms in total. The fraction of sp³-hybridized carbons (Fsp3) is 0.333. The van der Waals surface area contributed by atoms with Gasteiger partial charge in [0.1, 0.15) is 30.1 Å². The van der Waals surface area contributed by atoms with Gasteiger partial charge >= 0.3 is 0 Å². The Balaban J connectivity index is 1.24. The van der Waals surface area contributed by atoms with Crippen LogP contribution in [0.3, 0.4) is 0 Å². The van der Waals surface area contributed by atoms with E-state index in [2.05, 4.69) is 56.1 Å². The Labute approximate surface area is 234 Å². The number of aliphatic imine (C=N–C) groups is 1. The number of allylic oxidation sites excluding steroid dienone is 1. The summed E-state index contributed by atoms with van der Waals surface area (Å²) in [6.45, 7) is 8.99. The van der Waals surface area contributed by atoms with Crippen molar-refractivity contribution in [2.45, 2.75) is 25.9 Å². The Bertz CT molecular complexity index is 1490. The molecule has 1 aromatic carbocycles. The SMILES string of the molecule is CN=CC(=CN)c1ccc(CNc2cc(-c3cnc4cc(OCC(C)(C)N5CCOCC5)ccn34)ncn2)cc1. The molecule has 0 unspecified atom stereocenters. The van der Waals surface area contributed by atoms with Crippen molar-refractivity contribution in [2.24, 2.45) is 10.7 Å². The molecule has 3 aromatic heterocycles. The number of hydrogen-bond acceptors (Lipinski definition) is 9. The Kier molecular flexibility index (Phi) is 8.37. The molecule has 3 N–H and O–H groups in total. The number of nitrogens with zero attached hydrogens (tertiary/aromatic N) is 6. The van der Waals surface area contributed by atoms with Gasteiger partial charge in [-0.1, -0.05) is 24.3 Å². The van der Waals surface area contributed by atoms with Crippen molar-refractivity contribution in [3.63, 3.8) is 0 Å². The van der Waals surface area contributed by atoms with Crippen molar-refractivity contribution in [3.8, 4) is 17.1 Å². The van der Waals surface area contributed by atoms with E-state index in [1.54, 1.807) is 25.8 Å². The predicted octanol–water partition coefficient (Wildman–Crippen LogP) is 3.89. The average Bonchev–Trinajstić information content (AvgIpc) is 3.42. The van der Waals surface area contributed by atoms with E-state index in [0.717, 1.165) is 71.6 Å². The fourth-order valence-corrected chi connectivity index (χ4v) is 4.72. The smallest absolute Gasteiger partial charge is 0.140 e. The molecule has 0 spiro atoms. The van der Waals surface area contributed by atoms with Crippen molar-refractivity contribution in [2.75, 3.05) is 45.3 Å². The first-order valence-electron chi connectivity index (χ1n) is 13.4. The van der Waals surface area contributed by atoms with Crippen LogP contribution in [-0.2, 0) is 11.3 Å². The second kappa shape index (κ2) is 12.3. The van der Waals surface area contributed by atoms with E-state index >= 15 is 0 Å². The number of benzene rings is 1. The van der Waals surface area contributed by atoms with E-state index in [1.807, 2.05) is 47.1 Å². The predicted molar refractivity (Wildman–Crippen MR) is 159 cm³/mol. The Morgan fingerprint density at radius 3 is 2.67 bits per heavy atom. The molecule has 0 aliphatic carbocycles. The molecule has 1 fully saturated rings. The molecular formula is C30H36N8O2. The third kappa shape index (κ3) is 6.30. The molecule has 10 heteroatoms. The first-order chi connectivity index (χ1) is 19.5. The van der Waals surface area contributed by atoms with E-state index in [1.165, 1.54) is 0 Å². The lowest BCUT2D eigenvalue weighted by Crippen LogP contribution is -2.53. The molecule has 0 amide bonds. The number of rotatable bonds is 10. The van der Waals surface area contributed by atoms with Gasteiger partial charge in [-0.2, -0.15) is 0 Å². The zero-order valence-corrected chi connectivity index (χ0v) is 23.2. The standard InChI is InChI=1S/C30H36N8O2/c1-30(2,37-10-12-39-13-11-37)20-40-25-8-9-38-27(19-34-29(38)14-25)26-15-28(36-21-35-26)33-17-22-4-6-23(7-5-22)24(16-31)18-32-3/h4-9,14-16,18-19,21H,10-13,17,20,31H2,1-3H3,(H,33,35,36). The highest BCUT2D eigenvalue weighted by molar-refractivity contribution is 6.09. The molecule has 5 rings (SSSR count). The summed E-state index contributed by atoms with van der Waals surface area (Å²) < 4.78 is 13.7. The van der Waals surface area contributed by atoms with Gasteiger partial charge in [0.15, 0.2) is 0 Å². The maximum atomic E-state index is 6.19. The van der Waals surface area contributed by atoms with E-state index in [-0.39, 0.29) is 5.54 Å². The number of hydrogen-bond donors (Lipinski definition) is 2. The molecule has 4 heterocycles. The summed E-state index contributed by atoms with van der Waals surface area (Å²) >= 11 is 0. The second-order valence-corrected chi connectivity index (χ2v) is 10.3. The van der Waals surface area contributed by atoms with Crippen molar-refractivity contribution >= 4 is 23.3 Å². The minimum Gasteiger partial charge on any atom is -0.491 e. The maximum absolute atomic E-state index is 6.19. The summed E-state index contributed by atoms with van der Waals surface area (Å²) in [4.78, 5) is 20.0. The number of ether oxygens (including phenoxy) is 2. The van der Waals surface area contributed by atoms with Crippen LogP contribution in [0, 0.1) is 0 Å². The van der Waals surface area contributed by atoms with E-state index in [9.17, 15) is 0 Å². The second-order valence-electron chi connectivity index (χ2n) is 10.3. The summed E-state index contributed by atoms with van der Waals surface area (Å²) in [7, 11) is 1.73. The van der Waals surface area contributed by atoms with Gasteiger partial charge in [0.2, 0.25) is 0 Å². The highest BCUT2D eigenvalue weighted by Crippen LogP contribution is 2.25. The van der Waals surface area contributed by atoms with Crippen LogP contribution in [0.1, 0.15) is 25.0 Å². The van der Waals surface area contributed by atoms with Crippen molar-refractivity contribution in [1.29, 1.82) is 0 Å². The zero-order valence-electron chi connectivity index (χ0n) is 23.2. The molecule has 0 saturated carbocycles. The minimum atomic E-state index is -0.0861. The summed E-state index contributed by atoms with van der Waals surface area (Å²) in [6.07, 6.45) is 8.66. The van der Waals surface area contributed by atoms with Gasteiger partial charge in [0.05, 0.1) is 30.8 Å². The summed E-state index contributed by atoms with van der Waals surface area (Å²) in [6, 6.07) is 14.0. The third-order valence-electron chi connectivity index (χ3n) is 7.08. The molecule has 208 valence electrons. The lowest BCUT2D eigenvalue weighted by atomic mass is 10.0. The number of pyridine rings is 1. The first-order valence-corrected chi connectivity index (χ1v) is 13.4. The Hall–Kier alpha value is -4.28. The molecule has 1 aliphatic rings. The number of aromatic nitrogens is 4. The summed E-state index contributed by atoms with van der Waals surface area (Å²) in [5, 5.41) is 3.39. The third-order valence-corrected chi connectivity index (χ3v) is 7.08. The molecule has 4 aromatic rings. The maximum Gasteiger partial charge on any atom is 0.140 e. The average molecular weight is 541 g/mol. The van der Waals surface area contributed by atoms with Gasteiger partial charge in [0, 0.05) is 68.5 Å². The normalized spacial score (nSPS) is 15.1. The molecule has 40 heavy (non-hydrogen) atoms. The van der Waals surface area contributed by atoms with E-state index in [4.69, 9.17) is 15.2 Å². The van der Waals surface area contributed by atoms with Gasteiger partial charge in [0.25, 0.3) is 0 Å². The van der Waals surface area contributed by atoms with Gasteiger partial charge in [-0.05, 0) is 31.0 Å². The highest BCUT2D eigenvalue weighted by Gasteiger charge is 2.29. The molecule has 0 bridgehead atoms. The summed E-state index contributed by atoms with van der Waals surface area (Å²) in [5.41, 5.74) is 11.1. The number of imidazole rings is 1. The monoisotopic (exact) mass is 540 g/mol. The zero-order chi connectivity index (χ0) is 28.0. The van der Waals surface area contributed by atoms with Gasteiger partial charge in [-0.25, -0.2) is 15.0 Å². The van der Waals surface area contributed by atoms with Crippen molar-refractivity contribution < 1.29 is 9.47 Å². The van der Waals surface area contributed by atoms with Crippen LogP contribution in [0.4, 0.5) is 5.82 Å². The van der Waals surface area contributed by atoms with Crippen molar-refractivity contribution in [3.05, 3.63) is 78.5 Å². The number of fused-ring (bicyclic) bond motifs is 1. The van der Waals surface area contributed by atoms with Crippen LogP contribution in [0.15, 0.2) is 72.4 Å². The number of anilines is 1. The lowest BCUT2D eigenvalue weighted by Gasteiger charge is -2.40. The minimum absolute atomic E-state index is 0.0861. The van der Waals surface area contributed by atoms with E-state index < -0.39 is 0 Å². The van der Waals surface area contributed by atoms with Crippen LogP contribution in [0.5, 0.6) is 5.75 Å². The van der Waals surface area contributed by atoms with Crippen LogP contribution >= 0.6 is 0 Å². The Morgan fingerprint density at radius 1 is 1.12 bits per heavy atom. The number of morpholine rings is 1. The van der Waals surface area contributed by atoms with Crippen LogP contribution in [-0.4, -0.2) is 76.0 Å². The fourth-order valence-electron chi connectivity index (χ4n) is 4.72. The molecule has 1 saturated heterocycles.